The van der Waals surface area contributed by atoms with Crippen LogP contribution in [0.5, 0.6) is 0 Å². The molecule has 1 aliphatic carbocycles. The molecule has 1 heterocycles. The molecule has 1 aliphatic rings. The molecular formula is C21H25NO3S2. The van der Waals surface area contributed by atoms with Gasteiger partial charge in [0.1, 0.15) is 21.4 Å². The molecule has 0 radical (unpaired) electrons. The highest BCUT2D eigenvalue weighted by molar-refractivity contribution is 7.85. The minimum absolute atomic E-state index is 0.178. The Kier molecular flexibility index (Phi) is 5.99. The number of fused-ring (bicyclic) bond motifs is 3. The second kappa shape index (κ2) is 8.09. The van der Waals surface area contributed by atoms with Crippen molar-refractivity contribution < 1.29 is 17.5 Å². The van der Waals surface area contributed by atoms with E-state index in [4.69, 9.17) is 0 Å². The molecule has 0 N–H and O–H groups in total. The molecule has 0 saturated heterocycles. The molecule has 0 atom stereocenters. The monoisotopic (exact) mass is 403 g/mol. The SMILES string of the molecule is CC[n+]1c(C)sc2c3c(ccc21)CCCC3.Cc1ccc(S(=O)(=O)[O-])cc1. The van der Waals surface area contributed by atoms with Crippen LogP contribution >= 0.6 is 11.3 Å². The highest BCUT2D eigenvalue weighted by Gasteiger charge is 2.21. The van der Waals surface area contributed by atoms with Crippen LogP contribution in [0, 0.1) is 13.8 Å². The van der Waals surface area contributed by atoms with Gasteiger partial charge in [0.15, 0.2) is 0 Å². The number of aryl methyl sites for hydroxylation is 5. The Morgan fingerprint density at radius 2 is 1.70 bits per heavy atom. The first kappa shape index (κ1) is 20.0. The summed E-state index contributed by atoms with van der Waals surface area (Å²) >= 11 is 1.98. The van der Waals surface area contributed by atoms with E-state index >= 15 is 0 Å². The maximum atomic E-state index is 10.4. The van der Waals surface area contributed by atoms with Crippen LogP contribution in [-0.2, 0) is 29.5 Å². The predicted octanol–water partition coefficient (Wildman–Crippen LogP) is 4.30. The average molecular weight is 404 g/mol. The Bertz CT molecular complexity index is 1050. The summed E-state index contributed by atoms with van der Waals surface area (Å²) < 4.78 is 35.2. The van der Waals surface area contributed by atoms with E-state index < -0.39 is 10.1 Å². The van der Waals surface area contributed by atoms with Gasteiger partial charge in [0.25, 0.3) is 0 Å². The normalized spacial score (nSPS) is 13.8. The molecular weight excluding hydrogens is 378 g/mol. The molecule has 4 rings (SSSR count). The minimum atomic E-state index is -4.27. The third-order valence-corrected chi connectivity index (χ3v) is 7.03. The van der Waals surface area contributed by atoms with E-state index in [1.807, 2.05) is 18.3 Å². The number of aromatic nitrogens is 1. The van der Waals surface area contributed by atoms with Gasteiger partial charge in [-0.1, -0.05) is 35.1 Å². The van der Waals surface area contributed by atoms with Crippen LogP contribution in [-0.4, -0.2) is 13.0 Å². The second-order valence-corrected chi connectivity index (χ2v) is 9.47. The first-order chi connectivity index (χ1) is 12.8. The van der Waals surface area contributed by atoms with Gasteiger partial charge in [0.05, 0.1) is 4.90 Å². The molecule has 0 amide bonds. The fourth-order valence-electron chi connectivity index (χ4n) is 3.58. The molecule has 27 heavy (non-hydrogen) atoms. The van der Waals surface area contributed by atoms with Crippen LogP contribution in [0.2, 0.25) is 0 Å². The Morgan fingerprint density at radius 1 is 1.04 bits per heavy atom. The van der Waals surface area contributed by atoms with Gasteiger partial charge in [0, 0.05) is 13.0 Å². The van der Waals surface area contributed by atoms with Gasteiger partial charge in [-0.25, -0.2) is 8.42 Å². The first-order valence-corrected chi connectivity index (χ1v) is 11.5. The van der Waals surface area contributed by atoms with E-state index in [1.54, 1.807) is 28.0 Å². The summed E-state index contributed by atoms with van der Waals surface area (Å²) in [5.74, 6) is 0. The Hall–Kier alpha value is -1.76. The van der Waals surface area contributed by atoms with Gasteiger partial charge in [0.2, 0.25) is 10.5 Å². The van der Waals surface area contributed by atoms with Crippen molar-refractivity contribution in [3.05, 3.63) is 58.1 Å². The van der Waals surface area contributed by atoms with Crippen molar-refractivity contribution in [2.24, 2.45) is 0 Å². The van der Waals surface area contributed by atoms with Crippen LogP contribution in [0.25, 0.3) is 10.2 Å². The number of nitrogens with zero attached hydrogens (tertiary/aromatic N) is 1. The van der Waals surface area contributed by atoms with Crippen LogP contribution in [0.15, 0.2) is 41.3 Å². The van der Waals surface area contributed by atoms with Crippen molar-refractivity contribution in [3.8, 4) is 0 Å². The molecule has 1 aromatic heterocycles. The first-order valence-electron chi connectivity index (χ1n) is 9.27. The predicted molar refractivity (Wildman–Crippen MR) is 108 cm³/mol. The lowest BCUT2D eigenvalue weighted by atomic mass is 9.91. The summed E-state index contributed by atoms with van der Waals surface area (Å²) in [6.07, 6.45) is 5.32. The quantitative estimate of drug-likeness (QED) is 0.473. The Balaban J connectivity index is 0.000000168. The van der Waals surface area contributed by atoms with Crippen LogP contribution in [0.1, 0.15) is 41.5 Å². The maximum absolute atomic E-state index is 10.4. The van der Waals surface area contributed by atoms with E-state index in [-0.39, 0.29) is 4.90 Å². The third kappa shape index (κ3) is 4.39. The molecule has 0 fully saturated rings. The molecule has 0 spiro atoms. The number of rotatable bonds is 2. The zero-order valence-electron chi connectivity index (χ0n) is 16.0. The number of thiazole rings is 1. The summed E-state index contributed by atoms with van der Waals surface area (Å²) in [5.41, 5.74) is 5.62. The van der Waals surface area contributed by atoms with E-state index in [9.17, 15) is 13.0 Å². The molecule has 0 unspecified atom stereocenters. The van der Waals surface area contributed by atoms with Gasteiger partial charge in [-0.3, -0.25) is 0 Å². The van der Waals surface area contributed by atoms with Crippen LogP contribution < -0.4 is 4.57 Å². The van der Waals surface area contributed by atoms with Gasteiger partial charge in [-0.05, 0) is 62.8 Å². The highest BCUT2D eigenvalue weighted by Crippen LogP contribution is 2.31. The molecule has 0 saturated carbocycles. The maximum Gasteiger partial charge on any atom is 0.235 e. The molecule has 3 aromatic rings. The highest BCUT2D eigenvalue weighted by atomic mass is 32.2. The standard InChI is InChI=1S/C14H18NS.C7H8O3S/c1-3-15-10(2)16-14-12-7-5-4-6-11(12)8-9-13(14)15;1-6-2-4-7(5-3-6)11(8,9)10/h8-9H,3-7H2,1-2H3;2-5H,1H3,(H,8,9,10)/q+1;/p-1. The second-order valence-electron chi connectivity index (χ2n) is 6.89. The van der Waals surface area contributed by atoms with E-state index in [0.717, 1.165) is 12.1 Å². The Labute approximate surface area is 165 Å². The van der Waals surface area contributed by atoms with E-state index in [1.165, 1.54) is 48.3 Å². The fourth-order valence-corrected chi connectivity index (χ4v) is 5.32. The number of hydrogen-bond acceptors (Lipinski definition) is 4. The Morgan fingerprint density at radius 3 is 2.33 bits per heavy atom. The largest absolute Gasteiger partial charge is 0.744 e. The van der Waals surface area contributed by atoms with E-state index in [0.29, 0.717) is 0 Å². The number of hydrogen-bond donors (Lipinski definition) is 0. The smallest absolute Gasteiger partial charge is 0.235 e. The van der Waals surface area contributed by atoms with Crippen molar-refractivity contribution in [2.75, 3.05) is 0 Å². The molecule has 0 aliphatic heterocycles. The summed E-state index contributed by atoms with van der Waals surface area (Å²) in [5, 5.41) is 1.44. The lowest BCUT2D eigenvalue weighted by Crippen LogP contribution is -2.33. The van der Waals surface area contributed by atoms with Crippen LogP contribution in [0.3, 0.4) is 0 Å². The average Bonchev–Trinajstić information content (AvgIpc) is 2.97. The van der Waals surface area contributed by atoms with Gasteiger partial charge < -0.3 is 4.55 Å². The fraction of sp³-hybridized carbons (Fsp3) is 0.381. The van der Waals surface area contributed by atoms with Gasteiger partial charge in [-0.15, -0.1) is 0 Å². The number of benzene rings is 2. The topological polar surface area (TPSA) is 61.1 Å². The van der Waals surface area contributed by atoms with E-state index in [2.05, 4.69) is 30.5 Å². The van der Waals surface area contributed by atoms with Crippen molar-refractivity contribution in [1.82, 2.24) is 0 Å². The van der Waals surface area contributed by atoms with Crippen molar-refractivity contribution in [2.45, 2.75) is 57.9 Å². The molecule has 4 nitrogen and oxygen atoms in total. The third-order valence-electron chi connectivity index (χ3n) is 5.01. The van der Waals surface area contributed by atoms with Crippen molar-refractivity contribution in [1.29, 1.82) is 0 Å². The molecule has 144 valence electrons. The lowest BCUT2D eigenvalue weighted by Gasteiger charge is -2.14. The minimum Gasteiger partial charge on any atom is -0.744 e. The van der Waals surface area contributed by atoms with Crippen molar-refractivity contribution >= 4 is 31.7 Å². The van der Waals surface area contributed by atoms with Gasteiger partial charge >= 0.3 is 0 Å². The zero-order chi connectivity index (χ0) is 19.6. The summed E-state index contributed by atoms with van der Waals surface area (Å²) in [7, 11) is -4.27. The zero-order valence-corrected chi connectivity index (χ0v) is 17.6. The van der Waals surface area contributed by atoms with Crippen molar-refractivity contribution in [3.63, 3.8) is 0 Å². The molecule has 2 aromatic carbocycles. The van der Waals surface area contributed by atoms with Crippen LogP contribution in [0.4, 0.5) is 0 Å². The lowest BCUT2D eigenvalue weighted by molar-refractivity contribution is -0.669. The van der Waals surface area contributed by atoms with Gasteiger partial charge in [-0.2, -0.15) is 4.57 Å². The molecule has 0 bridgehead atoms. The summed E-state index contributed by atoms with van der Waals surface area (Å²) in [6, 6.07) is 10.5. The summed E-state index contributed by atoms with van der Waals surface area (Å²) in [6.45, 7) is 7.38. The molecule has 6 heteroatoms. The summed E-state index contributed by atoms with van der Waals surface area (Å²) in [4.78, 5) is -0.178.